The number of halogens is 1. The van der Waals surface area contributed by atoms with Gasteiger partial charge in [0, 0.05) is 11.1 Å². The van der Waals surface area contributed by atoms with E-state index in [1.165, 1.54) is 24.0 Å². The lowest BCUT2D eigenvalue weighted by Gasteiger charge is -2.13. The molecule has 3 N–H and O–H groups in total. The number of anilines is 1. The Morgan fingerprint density at radius 1 is 1.14 bits per heavy atom. The van der Waals surface area contributed by atoms with Crippen LogP contribution in [0.1, 0.15) is 24.0 Å². The van der Waals surface area contributed by atoms with E-state index in [0.717, 1.165) is 12.2 Å². The molecule has 2 aromatic carbocycles. The monoisotopic (exact) mass is 407 g/mol. The molecular formula is C18H22IN3. The molecule has 0 spiro atoms. The Hall–Kier alpha value is -1.56. The normalized spacial score (nSPS) is 15.8. The fourth-order valence-electron chi connectivity index (χ4n) is 2.63. The number of hydrogen-bond acceptors (Lipinski definition) is 1. The predicted molar refractivity (Wildman–Crippen MR) is 104 cm³/mol. The van der Waals surface area contributed by atoms with Gasteiger partial charge in [-0.3, -0.25) is 4.99 Å². The van der Waals surface area contributed by atoms with Crippen molar-refractivity contribution in [3.05, 3.63) is 65.7 Å². The highest BCUT2D eigenvalue weighted by molar-refractivity contribution is 14.0. The zero-order valence-corrected chi connectivity index (χ0v) is 15.1. The average Bonchev–Trinajstić information content (AvgIpc) is 3.27. The minimum atomic E-state index is 0. The van der Waals surface area contributed by atoms with Crippen molar-refractivity contribution in [2.75, 3.05) is 11.9 Å². The number of nitrogens with two attached hydrogens (primary N) is 1. The van der Waals surface area contributed by atoms with Gasteiger partial charge in [-0.1, -0.05) is 42.5 Å². The van der Waals surface area contributed by atoms with Gasteiger partial charge >= 0.3 is 0 Å². The number of nitrogens with one attached hydrogen (secondary N) is 1. The Labute approximate surface area is 149 Å². The Morgan fingerprint density at radius 3 is 2.50 bits per heavy atom. The molecule has 3 nitrogen and oxygen atoms in total. The van der Waals surface area contributed by atoms with Crippen LogP contribution in [0, 0.1) is 6.92 Å². The third-order valence-electron chi connectivity index (χ3n) is 4.08. The van der Waals surface area contributed by atoms with Gasteiger partial charge in [0.1, 0.15) is 0 Å². The molecule has 0 aromatic heterocycles. The lowest BCUT2D eigenvalue weighted by Crippen LogP contribution is -2.25. The Kier molecular flexibility index (Phi) is 5.45. The minimum absolute atomic E-state index is 0. The second kappa shape index (κ2) is 7.13. The zero-order valence-electron chi connectivity index (χ0n) is 12.8. The van der Waals surface area contributed by atoms with Gasteiger partial charge in [0.25, 0.3) is 0 Å². The Morgan fingerprint density at radius 2 is 1.86 bits per heavy atom. The van der Waals surface area contributed by atoms with Gasteiger partial charge in [0.2, 0.25) is 0 Å². The summed E-state index contributed by atoms with van der Waals surface area (Å²) in [5, 5.41) is 3.16. The second-order valence-electron chi connectivity index (χ2n) is 5.84. The minimum Gasteiger partial charge on any atom is -0.370 e. The quantitative estimate of drug-likeness (QED) is 0.456. The first-order valence-electron chi connectivity index (χ1n) is 7.37. The van der Waals surface area contributed by atoms with Crippen molar-refractivity contribution in [1.82, 2.24) is 0 Å². The van der Waals surface area contributed by atoms with Crippen LogP contribution in [0.5, 0.6) is 0 Å². The molecule has 0 aliphatic heterocycles. The highest BCUT2D eigenvalue weighted by Crippen LogP contribution is 2.48. The standard InChI is InChI=1S/C18H21N3.HI/c1-14-6-5-9-16(12-14)21-17(19)20-13-18(10-11-18)15-7-3-2-4-8-15;/h2-9,12H,10-11,13H2,1H3,(H3,19,20,21);1H. The summed E-state index contributed by atoms with van der Waals surface area (Å²) in [4.78, 5) is 4.54. The van der Waals surface area contributed by atoms with Crippen LogP contribution in [0.3, 0.4) is 0 Å². The van der Waals surface area contributed by atoms with E-state index < -0.39 is 0 Å². The molecule has 0 amide bonds. The molecule has 2 aromatic rings. The number of aliphatic imine (C=N–C) groups is 1. The van der Waals surface area contributed by atoms with E-state index in [9.17, 15) is 0 Å². The van der Waals surface area contributed by atoms with Crippen molar-refractivity contribution in [3.8, 4) is 0 Å². The maximum Gasteiger partial charge on any atom is 0.193 e. The van der Waals surface area contributed by atoms with Crippen LogP contribution in [-0.2, 0) is 5.41 Å². The average molecular weight is 407 g/mol. The van der Waals surface area contributed by atoms with Crippen molar-refractivity contribution < 1.29 is 0 Å². The zero-order chi connectivity index (χ0) is 14.7. The number of aryl methyl sites for hydroxylation is 1. The molecule has 0 saturated heterocycles. The van der Waals surface area contributed by atoms with E-state index in [-0.39, 0.29) is 29.4 Å². The van der Waals surface area contributed by atoms with Crippen LogP contribution in [0.25, 0.3) is 0 Å². The van der Waals surface area contributed by atoms with Gasteiger partial charge in [0.05, 0.1) is 6.54 Å². The third kappa shape index (κ3) is 4.00. The van der Waals surface area contributed by atoms with Gasteiger partial charge in [-0.15, -0.1) is 24.0 Å². The first-order chi connectivity index (χ1) is 10.2. The van der Waals surface area contributed by atoms with Gasteiger partial charge in [-0.05, 0) is 43.0 Å². The molecule has 22 heavy (non-hydrogen) atoms. The summed E-state index contributed by atoms with van der Waals surface area (Å²) in [5.41, 5.74) is 9.78. The first-order valence-corrected chi connectivity index (χ1v) is 7.37. The molecule has 4 heteroatoms. The summed E-state index contributed by atoms with van der Waals surface area (Å²) in [6.45, 7) is 2.81. The first kappa shape index (κ1) is 16.8. The van der Waals surface area contributed by atoms with Gasteiger partial charge in [0.15, 0.2) is 5.96 Å². The second-order valence-corrected chi connectivity index (χ2v) is 5.84. The predicted octanol–water partition coefficient (Wildman–Crippen LogP) is 4.07. The SMILES string of the molecule is Cc1cccc(NC(N)=NCC2(c3ccccc3)CC2)c1.I. The van der Waals surface area contributed by atoms with Crippen molar-refractivity contribution in [2.45, 2.75) is 25.2 Å². The Bertz CT molecular complexity index is 648. The van der Waals surface area contributed by atoms with Crippen molar-refractivity contribution >= 4 is 35.6 Å². The van der Waals surface area contributed by atoms with Gasteiger partial charge in [-0.25, -0.2) is 0 Å². The molecule has 1 aliphatic carbocycles. The van der Waals surface area contributed by atoms with E-state index in [1.54, 1.807) is 0 Å². The Balaban J connectivity index is 0.00000176. The lowest BCUT2D eigenvalue weighted by atomic mass is 9.96. The van der Waals surface area contributed by atoms with Crippen LogP contribution in [0.15, 0.2) is 59.6 Å². The fraction of sp³-hybridized carbons (Fsp3) is 0.278. The van der Waals surface area contributed by atoms with Crippen LogP contribution < -0.4 is 11.1 Å². The largest absolute Gasteiger partial charge is 0.370 e. The van der Waals surface area contributed by atoms with E-state index in [1.807, 2.05) is 12.1 Å². The highest BCUT2D eigenvalue weighted by atomic mass is 127. The maximum atomic E-state index is 6.01. The van der Waals surface area contributed by atoms with Crippen molar-refractivity contribution in [2.24, 2.45) is 10.7 Å². The van der Waals surface area contributed by atoms with Crippen LogP contribution in [0.4, 0.5) is 5.69 Å². The number of hydrogen-bond donors (Lipinski definition) is 2. The summed E-state index contributed by atoms with van der Waals surface area (Å²) >= 11 is 0. The smallest absolute Gasteiger partial charge is 0.193 e. The topological polar surface area (TPSA) is 50.4 Å². The summed E-state index contributed by atoms with van der Waals surface area (Å²) in [5.74, 6) is 0.489. The number of nitrogens with zero attached hydrogens (tertiary/aromatic N) is 1. The third-order valence-corrected chi connectivity index (χ3v) is 4.08. The van der Waals surface area contributed by atoms with Crippen LogP contribution >= 0.6 is 24.0 Å². The van der Waals surface area contributed by atoms with E-state index in [4.69, 9.17) is 5.73 Å². The van der Waals surface area contributed by atoms with Crippen molar-refractivity contribution in [1.29, 1.82) is 0 Å². The molecule has 0 bridgehead atoms. The van der Waals surface area contributed by atoms with Crippen molar-refractivity contribution in [3.63, 3.8) is 0 Å². The number of rotatable bonds is 4. The van der Waals surface area contributed by atoms with E-state index >= 15 is 0 Å². The maximum absolute atomic E-state index is 6.01. The molecule has 0 unspecified atom stereocenters. The number of guanidine groups is 1. The molecule has 0 atom stereocenters. The molecule has 116 valence electrons. The van der Waals surface area contributed by atoms with Crippen LogP contribution in [0.2, 0.25) is 0 Å². The summed E-state index contributed by atoms with van der Waals surface area (Å²) < 4.78 is 0. The van der Waals surface area contributed by atoms with Crippen LogP contribution in [-0.4, -0.2) is 12.5 Å². The molecular weight excluding hydrogens is 385 g/mol. The molecule has 1 aliphatic rings. The fourth-order valence-corrected chi connectivity index (χ4v) is 2.63. The van der Waals surface area contributed by atoms with E-state index in [0.29, 0.717) is 5.96 Å². The van der Waals surface area contributed by atoms with Gasteiger partial charge in [-0.2, -0.15) is 0 Å². The van der Waals surface area contributed by atoms with E-state index in [2.05, 4.69) is 59.7 Å². The summed E-state index contributed by atoms with van der Waals surface area (Å²) in [6, 6.07) is 18.7. The molecule has 1 saturated carbocycles. The molecule has 3 rings (SSSR count). The summed E-state index contributed by atoms with van der Waals surface area (Å²) in [7, 11) is 0. The number of benzene rings is 2. The highest BCUT2D eigenvalue weighted by Gasteiger charge is 2.43. The molecule has 0 heterocycles. The molecule has 0 radical (unpaired) electrons. The summed E-state index contributed by atoms with van der Waals surface area (Å²) in [6.07, 6.45) is 2.39. The lowest BCUT2D eigenvalue weighted by molar-refractivity contribution is 0.705. The van der Waals surface area contributed by atoms with Gasteiger partial charge < -0.3 is 11.1 Å². The molecule has 1 fully saturated rings.